The standard InChI is InChI=1S/C14H21N3O/c1-11(13-9-5-6-10-15-13)16-14(18)17-12-7-3-2-4-8-12/h2-4,7-8,11,13,15H,5-6,9-10H2,1H3,(H2,16,17,18). The number of rotatable bonds is 3. The molecule has 0 bridgehead atoms. The molecule has 0 aliphatic carbocycles. The lowest BCUT2D eigenvalue weighted by Crippen LogP contribution is -2.51. The molecule has 2 unspecified atom stereocenters. The number of para-hydroxylation sites is 1. The third-order valence-electron chi connectivity index (χ3n) is 3.34. The van der Waals surface area contributed by atoms with Crippen LogP contribution < -0.4 is 16.0 Å². The summed E-state index contributed by atoms with van der Waals surface area (Å²) in [6.07, 6.45) is 3.61. The molecule has 98 valence electrons. The summed E-state index contributed by atoms with van der Waals surface area (Å²) in [6, 6.07) is 9.89. The minimum absolute atomic E-state index is 0.138. The fraction of sp³-hybridized carbons (Fsp3) is 0.500. The molecular weight excluding hydrogens is 226 g/mol. The van der Waals surface area contributed by atoms with Crippen LogP contribution in [-0.4, -0.2) is 24.7 Å². The zero-order valence-electron chi connectivity index (χ0n) is 10.8. The van der Waals surface area contributed by atoms with Gasteiger partial charge < -0.3 is 16.0 Å². The van der Waals surface area contributed by atoms with Crippen LogP contribution in [0.15, 0.2) is 30.3 Å². The van der Waals surface area contributed by atoms with E-state index in [2.05, 4.69) is 16.0 Å². The highest BCUT2D eigenvalue weighted by molar-refractivity contribution is 5.89. The van der Waals surface area contributed by atoms with Crippen LogP contribution in [0.2, 0.25) is 0 Å². The second kappa shape index (κ2) is 6.40. The molecule has 2 amide bonds. The van der Waals surface area contributed by atoms with E-state index >= 15 is 0 Å². The molecule has 0 spiro atoms. The molecule has 18 heavy (non-hydrogen) atoms. The van der Waals surface area contributed by atoms with Crippen molar-refractivity contribution in [3.05, 3.63) is 30.3 Å². The van der Waals surface area contributed by atoms with Gasteiger partial charge in [-0.25, -0.2) is 4.79 Å². The van der Waals surface area contributed by atoms with Gasteiger partial charge in [-0.15, -0.1) is 0 Å². The van der Waals surface area contributed by atoms with E-state index in [9.17, 15) is 4.79 Å². The van der Waals surface area contributed by atoms with E-state index in [0.29, 0.717) is 6.04 Å². The molecule has 1 saturated heterocycles. The van der Waals surface area contributed by atoms with Crippen LogP contribution in [0.1, 0.15) is 26.2 Å². The quantitative estimate of drug-likeness (QED) is 0.768. The SMILES string of the molecule is CC(NC(=O)Nc1ccccc1)C1CCCCN1. The first-order valence-corrected chi connectivity index (χ1v) is 6.61. The van der Waals surface area contributed by atoms with E-state index in [1.165, 1.54) is 12.8 Å². The number of piperidine rings is 1. The van der Waals surface area contributed by atoms with Crippen LogP contribution in [0.4, 0.5) is 10.5 Å². The molecule has 1 aliphatic heterocycles. The van der Waals surface area contributed by atoms with Gasteiger partial charge >= 0.3 is 6.03 Å². The Balaban J connectivity index is 1.79. The van der Waals surface area contributed by atoms with Crippen LogP contribution in [0.25, 0.3) is 0 Å². The van der Waals surface area contributed by atoms with Crippen molar-refractivity contribution in [1.29, 1.82) is 0 Å². The highest BCUT2D eigenvalue weighted by Gasteiger charge is 2.20. The minimum Gasteiger partial charge on any atom is -0.334 e. The maximum absolute atomic E-state index is 11.8. The maximum Gasteiger partial charge on any atom is 0.319 e. The molecule has 2 rings (SSSR count). The molecule has 1 heterocycles. The van der Waals surface area contributed by atoms with E-state index in [-0.39, 0.29) is 12.1 Å². The second-order valence-electron chi connectivity index (χ2n) is 4.81. The molecule has 2 atom stereocenters. The molecule has 0 aromatic heterocycles. The van der Waals surface area contributed by atoms with Crippen molar-refractivity contribution in [1.82, 2.24) is 10.6 Å². The highest BCUT2D eigenvalue weighted by Crippen LogP contribution is 2.10. The van der Waals surface area contributed by atoms with E-state index in [1.807, 2.05) is 37.3 Å². The fourth-order valence-electron chi connectivity index (χ4n) is 2.30. The lowest BCUT2D eigenvalue weighted by molar-refractivity contribution is 0.242. The van der Waals surface area contributed by atoms with Gasteiger partial charge in [0.05, 0.1) is 0 Å². The first-order chi connectivity index (χ1) is 8.75. The summed E-state index contributed by atoms with van der Waals surface area (Å²) in [6.45, 7) is 3.10. The van der Waals surface area contributed by atoms with Gasteiger partial charge in [0.2, 0.25) is 0 Å². The van der Waals surface area contributed by atoms with Crippen LogP contribution in [-0.2, 0) is 0 Å². The summed E-state index contributed by atoms with van der Waals surface area (Å²) in [7, 11) is 0. The van der Waals surface area contributed by atoms with E-state index in [0.717, 1.165) is 18.7 Å². The minimum atomic E-state index is -0.138. The normalized spacial score (nSPS) is 21.1. The summed E-state index contributed by atoms with van der Waals surface area (Å²) in [5.41, 5.74) is 0.818. The van der Waals surface area contributed by atoms with Crippen LogP contribution >= 0.6 is 0 Å². The van der Waals surface area contributed by atoms with Gasteiger partial charge in [-0.2, -0.15) is 0 Å². The number of hydrogen-bond acceptors (Lipinski definition) is 2. The monoisotopic (exact) mass is 247 g/mol. The number of carbonyl (C=O) groups excluding carboxylic acids is 1. The third kappa shape index (κ3) is 3.74. The largest absolute Gasteiger partial charge is 0.334 e. The Morgan fingerprint density at radius 1 is 1.33 bits per heavy atom. The van der Waals surface area contributed by atoms with Crippen molar-refractivity contribution in [2.45, 2.75) is 38.3 Å². The van der Waals surface area contributed by atoms with Crippen molar-refractivity contribution < 1.29 is 4.79 Å². The molecule has 4 nitrogen and oxygen atoms in total. The van der Waals surface area contributed by atoms with Crippen molar-refractivity contribution in [2.24, 2.45) is 0 Å². The van der Waals surface area contributed by atoms with Gasteiger partial charge in [0.25, 0.3) is 0 Å². The number of hydrogen-bond donors (Lipinski definition) is 3. The van der Waals surface area contributed by atoms with Gasteiger partial charge in [-0.05, 0) is 38.4 Å². The Morgan fingerprint density at radius 3 is 2.78 bits per heavy atom. The smallest absolute Gasteiger partial charge is 0.319 e. The molecule has 0 saturated carbocycles. The zero-order chi connectivity index (χ0) is 12.8. The molecule has 4 heteroatoms. The predicted molar refractivity (Wildman–Crippen MR) is 73.7 cm³/mol. The molecule has 1 aromatic rings. The Morgan fingerprint density at radius 2 is 2.11 bits per heavy atom. The maximum atomic E-state index is 11.8. The molecule has 1 aliphatic rings. The Bertz CT molecular complexity index is 374. The molecule has 1 fully saturated rings. The molecule has 1 aromatic carbocycles. The van der Waals surface area contributed by atoms with Crippen LogP contribution in [0.5, 0.6) is 0 Å². The average Bonchev–Trinajstić information content (AvgIpc) is 2.40. The summed E-state index contributed by atoms with van der Waals surface area (Å²) < 4.78 is 0. The number of benzene rings is 1. The topological polar surface area (TPSA) is 53.2 Å². The van der Waals surface area contributed by atoms with Crippen molar-refractivity contribution >= 4 is 11.7 Å². The van der Waals surface area contributed by atoms with Gasteiger partial charge in [-0.3, -0.25) is 0 Å². The van der Waals surface area contributed by atoms with Gasteiger partial charge in [-0.1, -0.05) is 24.6 Å². The van der Waals surface area contributed by atoms with Crippen molar-refractivity contribution in [3.63, 3.8) is 0 Å². The predicted octanol–water partition coefficient (Wildman–Crippen LogP) is 2.34. The first kappa shape index (κ1) is 12.9. The number of amides is 2. The lowest BCUT2D eigenvalue weighted by atomic mass is 9.99. The average molecular weight is 247 g/mol. The molecule has 0 radical (unpaired) electrons. The number of carbonyl (C=O) groups is 1. The molecule has 3 N–H and O–H groups in total. The lowest BCUT2D eigenvalue weighted by Gasteiger charge is -2.29. The van der Waals surface area contributed by atoms with Crippen LogP contribution in [0.3, 0.4) is 0 Å². The fourth-order valence-corrected chi connectivity index (χ4v) is 2.30. The van der Waals surface area contributed by atoms with Gasteiger partial charge in [0, 0.05) is 17.8 Å². The molecular formula is C14H21N3O. The van der Waals surface area contributed by atoms with Crippen molar-refractivity contribution in [2.75, 3.05) is 11.9 Å². The van der Waals surface area contributed by atoms with Crippen molar-refractivity contribution in [3.8, 4) is 0 Å². The third-order valence-corrected chi connectivity index (χ3v) is 3.34. The second-order valence-corrected chi connectivity index (χ2v) is 4.81. The number of anilines is 1. The number of urea groups is 1. The van der Waals surface area contributed by atoms with Gasteiger partial charge in [0.1, 0.15) is 0 Å². The Kier molecular flexibility index (Phi) is 4.59. The van der Waals surface area contributed by atoms with E-state index < -0.39 is 0 Å². The summed E-state index contributed by atoms with van der Waals surface area (Å²) >= 11 is 0. The first-order valence-electron chi connectivity index (χ1n) is 6.61. The Labute approximate surface area is 108 Å². The number of nitrogens with one attached hydrogen (secondary N) is 3. The van der Waals surface area contributed by atoms with E-state index in [4.69, 9.17) is 0 Å². The Hall–Kier alpha value is -1.55. The van der Waals surface area contributed by atoms with Crippen LogP contribution in [0, 0.1) is 0 Å². The summed E-state index contributed by atoms with van der Waals surface area (Å²) in [4.78, 5) is 11.8. The van der Waals surface area contributed by atoms with Gasteiger partial charge in [0.15, 0.2) is 0 Å². The summed E-state index contributed by atoms with van der Waals surface area (Å²) in [5.74, 6) is 0. The highest BCUT2D eigenvalue weighted by atomic mass is 16.2. The van der Waals surface area contributed by atoms with E-state index in [1.54, 1.807) is 0 Å². The zero-order valence-corrected chi connectivity index (χ0v) is 10.8. The summed E-state index contributed by atoms with van der Waals surface area (Å²) in [5, 5.41) is 9.27.